The van der Waals surface area contributed by atoms with Crippen LogP contribution in [0.15, 0.2) is 73.1 Å². The summed E-state index contributed by atoms with van der Waals surface area (Å²) in [5.74, 6) is 0. The Balaban J connectivity index is 1.45. The minimum atomic E-state index is 0.495. The highest BCUT2D eigenvalue weighted by Crippen LogP contribution is 2.23. The zero-order valence-electron chi connectivity index (χ0n) is 15.3. The lowest BCUT2D eigenvalue weighted by Gasteiger charge is -2.12. The first-order valence-electron chi connectivity index (χ1n) is 8.92. The van der Waals surface area contributed by atoms with Crippen LogP contribution in [0.5, 0.6) is 0 Å². The number of thiocarbonyl (C=S) groups is 1. The van der Waals surface area contributed by atoms with E-state index in [2.05, 4.69) is 58.2 Å². The number of hydrogen-bond donors (Lipinski definition) is 2. The van der Waals surface area contributed by atoms with E-state index >= 15 is 0 Å². The molecule has 0 unspecified atom stereocenters. The van der Waals surface area contributed by atoms with E-state index in [1.165, 1.54) is 16.3 Å². The quantitative estimate of drug-likeness (QED) is 0.417. The Kier molecular flexibility index (Phi) is 5.28. The van der Waals surface area contributed by atoms with E-state index in [-0.39, 0.29) is 0 Å². The zero-order chi connectivity index (χ0) is 19.5. The van der Waals surface area contributed by atoms with E-state index in [0.29, 0.717) is 16.7 Å². The first-order chi connectivity index (χ1) is 13.6. The number of halogens is 1. The molecule has 2 N–H and O–H groups in total. The van der Waals surface area contributed by atoms with Crippen molar-refractivity contribution in [3.05, 3.63) is 89.2 Å². The third kappa shape index (κ3) is 4.01. The Hall–Kier alpha value is -2.89. The van der Waals surface area contributed by atoms with Crippen molar-refractivity contribution >= 4 is 51.1 Å². The molecule has 0 fully saturated rings. The van der Waals surface area contributed by atoms with Gasteiger partial charge in [0.05, 0.1) is 18.4 Å². The van der Waals surface area contributed by atoms with Crippen molar-refractivity contribution in [2.24, 2.45) is 0 Å². The van der Waals surface area contributed by atoms with Crippen molar-refractivity contribution in [3.63, 3.8) is 0 Å². The maximum absolute atomic E-state index is 6.16. The third-order valence-corrected chi connectivity index (χ3v) is 5.23. The second-order valence-electron chi connectivity index (χ2n) is 6.56. The molecule has 0 aliphatic heterocycles. The Morgan fingerprint density at radius 3 is 2.71 bits per heavy atom. The molecule has 28 heavy (non-hydrogen) atoms. The molecule has 0 spiro atoms. The SMILES string of the molecule is Cc1c(Cl)cccc1NC(=S)Nc1cnn(Cc2cccc3ccccc23)c1. The molecule has 1 heterocycles. The number of fused-ring (bicyclic) bond motifs is 1. The van der Waals surface area contributed by atoms with Crippen molar-refractivity contribution in [1.82, 2.24) is 9.78 Å². The van der Waals surface area contributed by atoms with Crippen molar-refractivity contribution < 1.29 is 0 Å². The standard InChI is InChI=1S/C22H19ClN4S/c1-15-20(23)10-5-11-21(15)26-22(28)25-18-12-24-27(14-18)13-17-8-4-7-16-6-2-3-9-19(16)17/h2-12,14H,13H2,1H3,(H2,25,26,28). The number of hydrogen-bond acceptors (Lipinski definition) is 2. The molecule has 4 aromatic rings. The molecule has 0 aliphatic rings. The van der Waals surface area contributed by atoms with Crippen LogP contribution in [0.25, 0.3) is 10.8 Å². The summed E-state index contributed by atoms with van der Waals surface area (Å²) in [5, 5.41) is 14.5. The molecule has 0 radical (unpaired) electrons. The fourth-order valence-corrected chi connectivity index (χ4v) is 3.55. The normalized spacial score (nSPS) is 10.8. The molecule has 4 nitrogen and oxygen atoms in total. The van der Waals surface area contributed by atoms with Crippen molar-refractivity contribution in [2.45, 2.75) is 13.5 Å². The van der Waals surface area contributed by atoms with E-state index in [1.54, 1.807) is 6.20 Å². The van der Waals surface area contributed by atoms with Crippen LogP contribution in [0.4, 0.5) is 11.4 Å². The molecule has 0 atom stereocenters. The summed E-state index contributed by atoms with van der Waals surface area (Å²) in [4.78, 5) is 0. The van der Waals surface area contributed by atoms with Gasteiger partial charge in [-0.1, -0.05) is 60.1 Å². The maximum Gasteiger partial charge on any atom is 0.175 e. The van der Waals surface area contributed by atoms with Crippen LogP contribution in [-0.2, 0) is 6.54 Å². The molecule has 0 aliphatic carbocycles. The minimum Gasteiger partial charge on any atom is -0.332 e. The van der Waals surface area contributed by atoms with E-state index in [9.17, 15) is 0 Å². The van der Waals surface area contributed by atoms with E-state index in [1.807, 2.05) is 36.0 Å². The first-order valence-corrected chi connectivity index (χ1v) is 9.71. The highest BCUT2D eigenvalue weighted by Gasteiger charge is 2.07. The van der Waals surface area contributed by atoms with Gasteiger partial charge in [-0.15, -0.1) is 0 Å². The van der Waals surface area contributed by atoms with Crippen LogP contribution in [0.3, 0.4) is 0 Å². The van der Waals surface area contributed by atoms with Crippen molar-refractivity contribution in [2.75, 3.05) is 10.6 Å². The molecular weight excluding hydrogens is 388 g/mol. The van der Waals surface area contributed by atoms with E-state index in [4.69, 9.17) is 23.8 Å². The van der Waals surface area contributed by atoms with Crippen LogP contribution in [-0.4, -0.2) is 14.9 Å². The molecule has 0 saturated heterocycles. The number of rotatable bonds is 4. The van der Waals surface area contributed by atoms with Gasteiger partial charge in [0, 0.05) is 16.9 Å². The van der Waals surface area contributed by atoms with Gasteiger partial charge in [-0.3, -0.25) is 4.68 Å². The largest absolute Gasteiger partial charge is 0.332 e. The molecule has 4 rings (SSSR count). The highest BCUT2D eigenvalue weighted by molar-refractivity contribution is 7.80. The Morgan fingerprint density at radius 2 is 1.82 bits per heavy atom. The van der Waals surface area contributed by atoms with Crippen molar-refractivity contribution in [1.29, 1.82) is 0 Å². The summed E-state index contributed by atoms with van der Waals surface area (Å²) in [7, 11) is 0. The molecule has 140 valence electrons. The van der Waals surface area contributed by atoms with Gasteiger partial charge in [0.25, 0.3) is 0 Å². The summed E-state index contributed by atoms with van der Waals surface area (Å²) in [6, 6.07) is 20.4. The zero-order valence-corrected chi connectivity index (χ0v) is 16.9. The Labute approximate surface area is 174 Å². The molecule has 0 bridgehead atoms. The summed E-state index contributed by atoms with van der Waals surface area (Å²) in [6.45, 7) is 2.64. The van der Waals surface area contributed by atoms with Crippen LogP contribution in [0, 0.1) is 6.92 Å². The first kappa shape index (κ1) is 18.5. The second-order valence-corrected chi connectivity index (χ2v) is 7.37. The molecule has 0 saturated carbocycles. The highest BCUT2D eigenvalue weighted by atomic mass is 35.5. The Bertz CT molecular complexity index is 1150. The fourth-order valence-electron chi connectivity index (χ4n) is 3.15. The number of anilines is 2. The monoisotopic (exact) mass is 406 g/mol. The lowest BCUT2D eigenvalue weighted by Crippen LogP contribution is -2.19. The van der Waals surface area contributed by atoms with Gasteiger partial charge in [-0.2, -0.15) is 5.10 Å². The van der Waals surface area contributed by atoms with Gasteiger partial charge in [-0.25, -0.2) is 0 Å². The van der Waals surface area contributed by atoms with Gasteiger partial charge < -0.3 is 10.6 Å². The third-order valence-electron chi connectivity index (χ3n) is 4.62. The minimum absolute atomic E-state index is 0.495. The van der Waals surface area contributed by atoms with Gasteiger partial charge in [0.1, 0.15) is 0 Å². The summed E-state index contributed by atoms with van der Waals surface area (Å²) < 4.78 is 1.90. The molecule has 0 amide bonds. The molecule has 6 heteroatoms. The number of benzene rings is 3. The summed E-state index contributed by atoms with van der Waals surface area (Å²) in [6.07, 6.45) is 3.71. The predicted molar refractivity (Wildman–Crippen MR) is 121 cm³/mol. The lowest BCUT2D eigenvalue weighted by atomic mass is 10.0. The number of aromatic nitrogens is 2. The molecule has 1 aromatic heterocycles. The average molecular weight is 407 g/mol. The van der Waals surface area contributed by atoms with Crippen LogP contribution < -0.4 is 10.6 Å². The van der Waals surface area contributed by atoms with Gasteiger partial charge in [0.2, 0.25) is 0 Å². The van der Waals surface area contributed by atoms with Gasteiger partial charge in [0.15, 0.2) is 5.11 Å². The average Bonchev–Trinajstić information content (AvgIpc) is 3.12. The maximum atomic E-state index is 6.16. The van der Waals surface area contributed by atoms with Gasteiger partial charge >= 0.3 is 0 Å². The Morgan fingerprint density at radius 1 is 1.04 bits per heavy atom. The number of nitrogens with one attached hydrogen (secondary N) is 2. The van der Waals surface area contributed by atoms with E-state index < -0.39 is 0 Å². The predicted octanol–water partition coefficient (Wildman–Crippen LogP) is 5.86. The molecule has 3 aromatic carbocycles. The number of nitrogens with zero attached hydrogens (tertiary/aromatic N) is 2. The van der Waals surface area contributed by atoms with Crippen LogP contribution >= 0.6 is 23.8 Å². The molecular formula is C22H19ClN4S. The smallest absolute Gasteiger partial charge is 0.175 e. The van der Waals surface area contributed by atoms with Crippen LogP contribution in [0.1, 0.15) is 11.1 Å². The second kappa shape index (κ2) is 8.00. The van der Waals surface area contributed by atoms with Crippen molar-refractivity contribution in [3.8, 4) is 0 Å². The summed E-state index contributed by atoms with van der Waals surface area (Å²) in [5.41, 5.74) is 3.90. The summed E-state index contributed by atoms with van der Waals surface area (Å²) >= 11 is 11.6. The van der Waals surface area contributed by atoms with Gasteiger partial charge in [-0.05, 0) is 53.2 Å². The van der Waals surface area contributed by atoms with E-state index in [0.717, 1.165) is 16.9 Å². The lowest BCUT2D eigenvalue weighted by molar-refractivity contribution is 0.690. The topological polar surface area (TPSA) is 41.9 Å². The van der Waals surface area contributed by atoms with Crippen LogP contribution in [0.2, 0.25) is 5.02 Å². The fraction of sp³-hybridized carbons (Fsp3) is 0.0909.